The minimum atomic E-state index is -0.726. The molecule has 2 aromatic rings. The Morgan fingerprint density at radius 2 is 2.04 bits per heavy atom. The van der Waals surface area contributed by atoms with E-state index in [0.717, 1.165) is 42.1 Å². The molecule has 2 fully saturated rings. The highest BCUT2D eigenvalue weighted by atomic mass is 16.5. The van der Waals surface area contributed by atoms with Crippen LogP contribution in [-0.2, 0) is 14.9 Å². The second-order valence-corrected chi connectivity index (χ2v) is 7.00. The maximum Gasteiger partial charge on any atom is 0.314 e. The van der Waals surface area contributed by atoms with Gasteiger partial charge in [0, 0.05) is 18.1 Å². The molecule has 1 saturated carbocycles. The first-order valence-corrected chi connectivity index (χ1v) is 8.83. The van der Waals surface area contributed by atoms with Gasteiger partial charge in [0.05, 0.1) is 18.6 Å². The largest absolute Gasteiger partial charge is 0.493 e. The van der Waals surface area contributed by atoms with E-state index in [1.807, 2.05) is 48.5 Å². The molecule has 4 nitrogen and oxygen atoms in total. The smallest absolute Gasteiger partial charge is 0.314 e. The molecule has 4 heteroatoms. The van der Waals surface area contributed by atoms with Gasteiger partial charge in [-0.05, 0) is 42.5 Å². The van der Waals surface area contributed by atoms with Gasteiger partial charge in [0.25, 0.3) is 0 Å². The van der Waals surface area contributed by atoms with Gasteiger partial charge in [-0.3, -0.25) is 4.79 Å². The first-order valence-electron chi connectivity index (χ1n) is 8.83. The van der Waals surface area contributed by atoms with Crippen molar-refractivity contribution in [2.75, 3.05) is 19.8 Å². The molecule has 0 amide bonds. The Balaban J connectivity index is 1.60. The van der Waals surface area contributed by atoms with Crippen LogP contribution in [-0.4, -0.2) is 30.9 Å². The first kappa shape index (κ1) is 16.2. The van der Waals surface area contributed by atoms with Crippen molar-refractivity contribution < 1.29 is 19.4 Å². The molecule has 130 valence electrons. The van der Waals surface area contributed by atoms with Crippen LogP contribution in [0.4, 0.5) is 0 Å². The van der Waals surface area contributed by atoms with Crippen LogP contribution >= 0.6 is 0 Å². The molecule has 2 aromatic carbocycles. The van der Waals surface area contributed by atoms with Crippen molar-refractivity contribution >= 4 is 5.97 Å². The number of ether oxygens (including phenoxy) is 2. The Morgan fingerprint density at radius 3 is 2.76 bits per heavy atom. The Bertz CT molecular complexity index is 773. The van der Waals surface area contributed by atoms with Crippen LogP contribution in [0, 0.1) is 5.92 Å². The molecule has 1 saturated heterocycles. The Kier molecular flexibility index (Phi) is 4.22. The van der Waals surface area contributed by atoms with E-state index < -0.39 is 11.4 Å². The van der Waals surface area contributed by atoms with Crippen molar-refractivity contribution in [1.29, 1.82) is 0 Å². The van der Waals surface area contributed by atoms with Gasteiger partial charge in [-0.2, -0.15) is 0 Å². The second-order valence-electron chi connectivity index (χ2n) is 7.00. The van der Waals surface area contributed by atoms with Crippen LogP contribution in [0.25, 0.3) is 11.1 Å². The summed E-state index contributed by atoms with van der Waals surface area (Å²) >= 11 is 0. The van der Waals surface area contributed by atoms with E-state index >= 15 is 0 Å². The topological polar surface area (TPSA) is 55.8 Å². The zero-order valence-electron chi connectivity index (χ0n) is 14.1. The predicted molar refractivity (Wildman–Crippen MR) is 94.8 cm³/mol. The zero-order valence-corrected chi connectivity index (χ0v) is 14.1. The summed E-state index contributed by atoms with van der Waals surface area (Å²) < 4.78 is 11.5. The predicted octanol–water partition coefficient (Wildman–Crippen LogP) is 3.89. The molecule has 1 aliphatic carbocycles. The summed E-state index contributed by atoms with van der Waals surface area (Å²) in [5.41, 5.74) is 2.21. The van der Waals surface area contributed by atoms with Gasteiger partial charge in [-0.1, -0.05) is 36.4 Å². The number of benzene rings is 2. The standard InChI is InChI=1S/C21H22O4/c22-20(23)21(9-10-21)17-5-3-4-16(12-17)18-6-1-2-7-19(18)25-14-15-8-11-24-13-15/h1-7,12,15H,8-11,13-14H2,(H,22,23). The van der Waals surface area contributed by atoms with Crippen molar-refractivity contribution in [2.24, 2.45) is 5.92 Å². The maximum atomic E-state index is 11.6. The number of hydrogen-bond donors (Lipinski definition) is 1. The zero-order chi connectivity index (χ0) is 17.3. The second kappa shape index (κ2) is 6.52. The van der Waals surface area contributed by atoms with Crippen molar-refractivity contribution in [3.8, 4) is 16.9 Å². The highest BCUT2D eigenvalue weighted by Gasteiger charge is 2.51. The lowest BCUT2D eigenvalue weighted by molar-refractivity contribution is -0.140. The molecule has 1 heterocycles. The molecule has 4 rings (SSSR count). The fourth-order valence-corrected chi connectivity index (χ4v) is 3.49. The molecule has 1 unspecified atom stereocenters. The van der Waals surface area contributed by atoms with E-state index in [1.54, 1.807) is 0 Å². The van der Waals surface area contributed by atoms with Gasteiger partial charge in [0.15, 0.2) is 0 Å². The number of carboxylic acids is 1. The Morgan fingerprint density at radius 1 is 1.20 bits per heavy atom. The molecule has 25 heavy (non-hydrogen) atoms. The number of aliphatic carboxylic acids is 1. The quantitative estimate of drug-likeness (QED) is 0.868. The molecular weight excluding hydrogens is 316 g/mol. The highest BCUT2D eigenvalue weighted by molar-refractivity contribution is 5.86. The van der Waals surface area contributed by atoms with Gasteiger partial charge in [0.1, 0.15) is 5.75 Å². The van der Waals surface area contributed by atoms with E-state index in [-0.39, 0.29) is 0 Å². The van der Waals surface area contributed by atoms with Gasteiger partial charge in [-0.15, -0.1) is 0 Å². The fourth-order valence-electron chi connectivity index (χ4n) is 3.49. The monoisotopic (exact) mass is 338 g/mol. The van der Waals surface area contributed by atoms with Crippen LogP contribution < -0.4 is 4.74 Å². The third kappa shape index (κ3) is 3.14. The fraction of sp³-hybridized carbons (Fsp3) is 0.381. The average Bonchev–Trinajstić information content (AvgIpc) is 3.30. The van der Waals surface area contributed by atoms with Gasteiger partial charge >= 0.3 is 5.97 Å². The number of carbonyl (C=O) groups is 1. The molecule has 1 N–H and O–H groups in total. The molecule has 2 aliphatic rings. The minimum absolute atomic E-state index is 0.445. The molecule has 0 aromatic heterocycles. The lowest BCUT2D eigenvalue weighted by Crippen LogP contribution is -2.19. The van der Waals surface area contributed by atoms with Gasteiger partial charge in [0.2, 0.25) is 0 Å². The molecule has 0 radical (unpaired) electrons. The van der Waals surface area contributed by atoms with Crippen LogP contribution in [0.15, 0.2) is 48.5 Å². The number of carboxylic acid groups (broad SMARTS) is 1. The maximum absolute atomic E-state index is 11.6. The summed E-state index contributed by atoms with van der Waals surface area (Å²) in [6.45, 7) is 2.23. The molecule has 1 aliphatic heterocycles. The van der Waals surface area contributed by atoms with E-state index in [0.29, 0.717) is 25.4 Å². The van der Waals surface area contributed by atoms with Gasteiger partial charge in [-0.25, -0.2) is 0 Å². The van der Waals surface area contributed by atoms with Crippen molar-refractivity contribution in [3.63, 3.8) is 0 Å². The van der Waals surface area contributed by atoms with E-state index in [4.69, 9.17) is 9.47 Å². The molecule has 0 bridgehead atoms. The summed E-state index contributed by atoms with van der Waals surface area (Å²) in [6, 6.07) is 15.8. The van der Waals surface area contributed by atoms with Crippen LogP contribution in [0.1, 0.15) is 24.8 Å². The summed E-state index contributed by atoms with van der Waals surface area (Å²) in [4.78, 5) is 11.6. The van der Waals surface area contributed by atoms with Crippen molar-refractivity contribution in [1.82, 2.24) is 0 Å². The average molecular weight is 338 g/mol. The molecule has 1 atom stereocenters. The van der Waals surface area contributed by atoms with E-state index in [1.165, 1.54) is 0 Å². The molecule has 0 spiro atoms. The summed E-state index contributed by atoms with van der Waals surface area (Å²) in [7, 11) is 0. The number of rotatable bonds is 6. The van der Waals surface area contributed by atoms with E-state index in [2.05, 4.69) is 0 Å². The Hall–Kier alpha value is -2.33. The summed E-state index contributed by atoms with van der Waals surface area (Å²) in [5.74, 6) is 0.559. The van der Waals surface area contributed by atoms with Crippen molar-refractivity contribution in [3.05, 3.63) is 54.1 Å². The summed E-state index contributed by atoms with van der Waals surface area (Å²) in [5, 5.41) is 9.54. The third-order valence-electron chi connectivity index (χ3n) is 5.27. The number of hydrogen-bond acceptors (Lipinski definition) is 3. The van der Waals surface area contributed by atoms with E-state index in [9.17, 15) is 9.90 Å². The van der Waals surface area contributed by atoms with Crippen LogP contribution in [0.3, 0.4) is 0 Å². The highest BCUT2D eigenvalue weighted by Crippen LogP contribution is 2.49. The number of para-hydroxylation sites is 1. The first-order chi connectivity index (χ1) is 12.2. The molecular formula is C21H22O4. The van der Waals surface area contributed by atoms with Crippen LogP contribution in [0.5, 0.6) is 5.75 Å². The van der Waals surface area contributed by atoms with Crippen LogP contribution in [0.2, 0.25) is 0 Å². The Labute approximate surface area is 147 Å². The third-order valence-corrected chi connectivity index (χ3v) is 5.27. The summed E-state index contributed by atoms with van der Waals surface area (Å²) in [6.07, 6.45) is 2.47. The minimum Gasteiger partial charge on any atom is -0.493 e. The lowest BCUT2D eigenvalue weighted by atomic mass is 9.92. The SMILES string of the molecule is O=C(O)C1(c2cccc(-c3ccccc3OCC3CCOC3)c2)CC1. The lowest BCUT2D eigenvalue weighted by Gasteiger charge is -2.16. The van der Waals surface area contributed by atoms with Gasteiger partial charge < -0.3 is 14.6 Å². The normalized spacial score (nSPS) is 21.0. The van der Waals surface area contributed by atoms with Crippen molar-refractivity contribution in [2.45, 2.75) is 24.7 Å².